The van der Waals surface area contributed by atoms with Crippen LogP contribution in [0.5, 0.6) is 0 Å². The number of rotatable bonds is 2. The van der Waals surface area contributed by atoms with Gasteiger partial charge in [0.2, 0.25) is 0 Å². The number of halogens is 3. The first-order valence-corrected chi connectivity index (χ1v) is 4.85. The van der Waals surface area contributed by atoms with Crippen LogP contribution >= 0.6 is 10.7 Å². The van der Waals surface area contributed by atoms with Crippen molar-refractivity contribution in [1.29, 1.82) is 0 Å². The van der Waals surface area contributed by atoms with Crippen molar-refractivity contribution in [1.82, 2.24) is 0 Å². The van der Waals surface area contributed by atoms with Crippen LogP contribution in [0, 0.1) is 0 Å². The molecule has 0 atom stereocenters. The molecule has 0 radical (unpaired) electrons. The summed E-state index contributed by atoms with van der Waals surface area (Å²) < 4.78 is 45.2. The van der Waals surface area contributed by atoms with E-state index in [0.29, 0.717) is 13.8 Å². The molecule has 0 unspecified atom stereocenters. The van der Waals surface area contributed by atoms with Crippen LogP contribution in [-0.2, 0) is 9.05 Å². The average molecular weight is 209 g/mol. The van der Waals surface area contributed by atoms with Crippen LogP contribution < -0.4 is 0 Å². The predicted octanol–water partition coefficient (Wildman–Crippen LogP) is 0.919. The van der Waals surface area contributed by atoms with Crippen molar-refractivity contribution in [3.05, 3.63) is 0 Å². The van der Waals surface area contributed by atoms with E-state index < -0.39 is 19.9 Å². The Morgan fingerprint density at radius 1 is 1.36 bits per heavy atom. The zero-order valence-electron chi connectivity index (χ0n) is 5.81. The molecule has 0 fully saturated rings. The molecule has 0 saturated heterocycles. The molecule has 0 aromatic heterocycles. The minimum Gasteiger partial charge on any atom is -0.383 e. The first-order valence-electron chi connectivity index (χ1n) is 2.54. The van der Waals surface area contributed by atoms with Gasteiger partial charge >= 0.3 is 14.3 Å². The third-order valence-corrected chi connectivity index (χ3v) is 2.71. The second-order valence-corrected chi connectivity index (χ2v) is 5.12. The fraction of sp³-hybridized carbons (Fsp3) is 1.00. The standard InChI is InChI=1S/C4H7ClF2O3S/c1-3(2,8)4(6,7)11(5,9)10/h8H,1-2H3. The lowest BCUT2D eigenvalue weighted by Crippen LogP contribution is -2.46. The quantitative estimate of drug-likeness (QED) is 0.687. The third-order valence-electron chi connectivity index (χ3n) is 1.02. The van der Waals surface area contributed by atoms with E-state index in [9.17, 15) is 17.2 Å². The van der Waals surface area contributed by atoms with Gasteiger partial charge in [-0.3, -0.25) is 0 Å². The van der Waals surface area contributed by atoms with E-state index in [1.54, 1.807) is 0 Å². The van der Waals surface area contributed by atoms with Crippen LogP contribution in [0.2, 0.25) is 0 Å². The van der Waals surface area contributed by atoms with E-state index in [1.165, 1.54) is 0 Å². The summed E-state index contributed by atoms with van der Waals surface area (Å²) in [7, 11) is -0.699. The van der Waals surface area contributed by atoms with Crippen LogP contribution in [0.3, 0.4) is 0 Å². The van der Waals surface area contributed by atoms with Gasteiger partial charge in [-0.15, -0.1) is 0 Å². The number of alkyl halides is 2. The Bertz CT molecular complexity index is 241. The lowest BCUT2D eigenvalue weighted by Gasteiger charge is -2.25. The van der Waals surface area contributed by atoms with E-state index in [2.05, 4.69) is 10.7 Å². The Kier molecular flexibility index (Phi) is 2.55. The van der Waals surface area contributed by atoms with Crippen molar-refractivity contribution in [2.75, 3.05) is 0 Å². The molecule has 7 heteroatoms. The lowest BCUT2D eigenvalue weighted by atomic mass is 10.1. The molecule has 0 aromatic rings. The Hall–Kier alpha value is 0.0600. The Morgan fingerprint density at radius 2 is 1.64 bits per heavy atom. The molecule has 0 heterocycles. The zero-order valence-corrected chi connectivity index (χ0v) is 7.38. The maximum absolute atomic E-state index is 12.5. The van der Waals surface area contributed by atoms with Gasteiger partial charge < -0.3 is 5.11 Å². The summed E-state index contributed by atoms with van der Waals surface area (Å²) in [4.78, 5) is 0. The number of hydrogen-bond acceptors (Lipinski definition) is 3. The van der Waals surface area contributed by atoms with E-state index in [4.69, 9.17) is 5.11 Å². The van der Waals surface area contributed by atoms with Crippen molar-refractivity contribution in [3.63, 3.8) is 0 Å². The summed E-state index contributed by atoms with van der Waals surface area (Å²) in [5, 5.41) is 4.34. The van der Waals surface area contributed by atoms with Crippen LogP contribution in [0.25, 0.3) is 0 Å². The van der Waals surface area contributed by atoms with Gasteiger partial charge in [0.1, 0.15) is 5.60 Å². The van der Waals surface area contributed by atoms with E-state index >= 15 is 0 Å². The summed E-state index contributed by atoms with van der Waals surface area (Å²) in [5.74, 6) is 0. The summed E-state index contributed by atoms with van der Waals surface area (Å²) in [5.41, 5.74) is -2.67. The molecular formula is C4H7ClF2O3S. The monoisotopic (exact) mass is 208 g/mol. The molecule has 0 aliphatic carbocycles. The fourth-order valence-electron chi connectivity index (χ4n) is 0.298. The lowest BCUT2D eigenvalue weighted by molar-refractivity contribution is -0.101. The van der Waals surface area contributed by atoms with Crippen molar-refractivity contribution in [3.8, 4) is 0 Å². The molecule has 11 heavy (non-hydrogen) atoms. The van der Waals surface area contributed by atoms with Crippen LogP contribution in [0.15, 0.2) is 0 Å². The smallest absolute Gasteiger partial charge is 0.383 e. The molecule has 68 valence electrons. The van der Waals surface area contributed by atoms with Crippen molar-refractivity contribution >= 4 is 19.7 Å². The third kappa shape index (κ3) is 2.00. The van der Waals surface area contributed by atoms with Crippen molar-refractivity contribution in [2.45, 2.75) is 24.7 Å². The minimum atomic E-state index is -5.07. The highest BCUT2D eigenvalue weighted by Crippen LogP contribution is 2.35. The van der Waals surface area contributed by atoms with E-state index in [-0.39, 0.29) is 0 Å². The molecule has 3 nitrogen and oxygen atoms in total. The van der Waals surface area contributed by atoms with Crippen LogP contribution in [-0.4, -0.2) is 24.4 Å². The van der Waals surface area contributed by atoms with Gasteiger partial charge in [0, 0.05) is 10.7 Å². The molecule has 0 saturated carbocycles. The van der Waals surface area contributed by atoms with Crippen LogP contribution in [0.4, 0.5) is 8.78 Å². The van der Waals surface area contributed by atoms with E-state index in [0.717, 1.165) is 0 Å². The highest BCUT2D eigenvalue weighted by molar-refractivity contribution is 8.14. The van der Waals surface area contributed by atoms with Crippen molar-refractivity contribution < 1.29 is 22.3 Å². The average Bonchev–Trinajstić information content (AvgIpc) is 1.58. The Morgan fingerprint density at radius 3 is 1.64 bits per heavy atom. The Labute approximate surface area is 67.4 Å². The molecule has 1 N–H and O–H groups in total. The molecule has 0 spiro atoms. The topological polar surface area (TPSA) is 54.4 Å². The maximum Gasteiger partial charge on any atom is 0.386 e. The van der Waals surface area contributed by atoms with Crippen molar-refractivity contribution in [2.24, 2.45) is 0 Å². The van der Waals surface area contributed by atoms with Gasteiger partial charge in [-0.2, -0.15) is 8.78 Å². The van der Waals surface area contributed by atoms with Gasteiger partial charge in [-0.25, -0.2) is 8.42 Å². The largest absolute Gasteiger partial charge is 0.386 e. The molecule has 0 bridgehead atoms. The normalized spacial score (nSPS) is 15.1. The van der Waals surface area contributed by atoms with Gasteiger partial charge in [0.15, 0.2) is 0 Å². The zero-order chi connectivity index (χ0) is 9.50. The summed E-state index contributed by atoms with van der Waals surface area (Å²) >= 11 is 0. The van der Waals surface area contributed by atoms with Gasteiger partial charge in [-0.05, 0) is 13.8 Å². The summed E-state index contributed by atoms with van der Waals surface area (Å²) in [6.07, 6.45) is 0. The van der Waals surface area contributed by atoms with Crippen LogP contribution in [0.1, 0.15) is 13.8 Å². The van der Waals surface area contributed by atoms with Gasteiger partial charge in [0.25, 0.3) is 0 Å². The molecule has 0 aliphatic heterocycles. The summed E-state index contributed by atoms with van der Waals surface area (Å²) in [6.45, 7) is 1.32. The number of aliphatic hydroxyl groups is 1. The molecule has 0 amide bonds. The molecule has 0 aromatic carbocycles. The molecule has 0 aliphatic rings. The predicted molar refractivity (Wildman–Crippen MR) is 36.0 cm³/mol. The summed E-state index contributed by atoms with van der Waals surface area (Å²) in [6, 6.07) is 0. The second-order valence-electron chi connectivity index (χ2n) is 2.51. The maximum atomic E-state index is 12.5. The molecular weight excluding hydrogens is 202 g/mol. The Balaban J connectivity index is 5.08. The molecule has 0 rings (SSSR count). The van der Waals surface area contributed by atoms with Gasteiger partial charge in [-0.1, -0.05) is 0 Å². The first kappa shape index (κ1) is 11.1. The van der Waals surface area contributed by atoms with E-state index in [1.807, 2.05) is 0 Å². The fourth-order valence-corrected chi connectivity index (χ4v) is 1.46. The highest BCUT2D eigenvalue weighted by Gasteiger charge is 2.56. The first-order chi connectivity index (χ1) is 4.50. The SMILES string of the molecule is CC(C)(O)C(F)(F)S(=O)(=O)Cl. The number of hydrogen-bond donors (Lipinski definition) is 1. The highest BCUT2D eigenvalue weighted by atomic mass is 35.7. The van der Waals surface area contributed by atoms with Gasteiger partial charge in [0.05, 0.1) is 0 Å². The minimum absolute atomic E-state index is 0.660. The second kappa shape index (κ2) is 2.53.